The van der Waals surface area contributed by atoms with Crippen LogP contribution in [0.3, 0.4) is 0 Å². The minimum atomic E-state index is 0.743. The van der Waals surface area contributed by atoms with Gasteiger partial charge in [-0.3, -0.25) is 0 Å². The van der Waals surface area contributed by atoms with E-state index in [1.165, 1.54) is 11.1 Å². The van der Waals surface area contributed by atoms with Crippen LogP contribution in [0.15, 0.2) is 28.7 Å². The van der Waals surface area contributed by atoms with Crippen LogP contribution >= 0.6 is 15.9 Å². The van der Waals surface area contributed by atoms with Crippen molar-refractivity contribution in [3.05, 3.63) is 51.4 Å². The number of rotatable bonds is 6. The lowest BCUT2D eigenvalue weighted by atomic mass is 10.1. The maximum Gasteiger partial charge on any atom is 0.135 e. The lowest BCUT2D eigenvalue weighted by Crippen LogP contribution is -2.11. The fourth-order valence-electron chi connectivity index (χ4n) is 2.36. The lowest BCUT2D eigenvalue weighted by Gasteiger charge is -2.14. The Morgan fingerprint density at radius 1 is 1.14 bits per heavy atom. The highest BCUT2D eigenvalue weighted by Gasteiger charge is 2.11. The Hall–Kier alpha value is -1.42. The number of nitrogens with one attached hydrogen (secondary N) is 1. The lowest BCUT2D eigenvalue weighted by molar-refractivity contribution is 0.885. The predicted octanol–water partition coefficient (Wildman–Crippen LogP) is 4.52. The smallest absolute Gasteiger partial charge is 0.135 e. The van der Waals surface area contributed by atoms with Crippen molar-refractivity contribution in [2.24, 2.45) is 0 Å². The molecule has 0 aliphatic carbocycles. The van der Waals surface area contributed by atoms with Gasteiger partial charge in [0.05, 0.1) is 0 Å². The van der Waals surface area contributed by atoms with Crippen LogP contribution in [-0.4, -0.2) is 16.5 Å². The van der Waals surface area contributed by atoms with E-state index in [0.29, 0.717) is 0 Å². The van der Waals surface area contributed by atoms with E-state index in [1.54, 1.807) is 0 Å². The molecular formula is C17H22BrN3. The van der Waals surface area contributed by atoms with E-state index in [0.717, 1.165) is 47.6 Å². The minimum Gasteiger partial charge on any atom is -0.370 e. The zero-order valence-corrected chi connectivity index (χ0v) is 14.5. The summed E-state index contributed by atoms with van der Waals surface area (Å²) >= 11 is 3.59. The summed E-state index contributed by atoms with van der Waals surface area (Å²) in [7, 11) is 0. The Bertz CT molecular complexity index is 611. The summed E-state index contributed by atoms with van der Waals surface area (Å²) < 4.78 is 1.11. The Labute approximate surface area is 135 Å². The highest BCUT2D eigenvalue weighted by Crippen LogP contribution is 2.21. The quantitative estimate of drug-likeness (QED) is 0.834. The van der Waals surface area contributed by atoms with Crippen molar-refractivity contribution in [1.82, 2.24) is 9.97 Å². The molecule has 4 heteroatoms. The fraction of sp³-hybridized carbons (Fsp3) is 0.412. The van der Waals surface area contributed by atoms with Gasteiger partial charge in [0.1, 0.15) is 11.6 Å². The van der Waals surface area contributed by atoms with Gasteiger partial charge >= 0.3 is 0 Å². The van der Waals surface area contributed by atoms with Gasteiger partial charge < -0.3 is 5.32 Å². The van der Waals surface area contributed by atoms with Crippen molar-refractivity contribution in [3.8, 4) is 0 Å². The molecule has 112 valence electrons. The molecule has 2 aromatic rings. The van der Waals surface area contributed by atoms with Gasteiger partial charge in [0.25, 0.3) is 0 Å². The Morgan fingerprint density at radius 2 is 1.90 bits per heavy atom. The molecule has 1 aromatic heterocycles. The van der Waals surface area contributed by atoms with Crippen LogP contribution in [0.4, 0.5) is 5.82 Å². The zero-order valence-electron chi connectivity index (χ0n) is 12.9. The van der Waals surface area contributed by atoms with E-state index < -0.39 is 0 Å². The SMILES string of the molecule is CCCNc1nc(Cc2ccccc2Br)nc(C)c1CC. The number of anilines is 1. The topological polar surface area (TPSA) is 37.8 Å². The molecule has 0 amide bonds. The molecule has 0 spiro atoms. The molecule has 0 saturated carbocycles. The van der Waals surface area contributed by atoms with E-state index in [4.69, 9.17) is 4.98 Å². The Balaban J connectivity index is 2.32. The largest absolute Gasteiger partial charge is 0.370 e. The Kier molecular flexibility index (Phi) is 5.74. The van der Waals surface area contributed by atoms with Gasteiger partial charge in [-0.05, 0) is 31.4 Å². The van der Waals surface area contributed by atoms with E-state index in [1.807, 2.05) is 12.1 Å². The fourth-order valence-corrected chi connectivity index (χ4v) is 2.78. The molecule has 1 aromatic carbocycles. The number of halogens is 1. The maximum atomic E-state index is 4.74. The van der Waals surface area contributed by atoms with Gasteiger partial charge in [-0.15, -0.1) is 0 Å². The first-order valence-corrected chi connectivity index (χ1v) is 8.28. The van der Waals surface area contributed by atoms with Crippen molar-refractivity contribution in [3.63, 3.8) is 0 Å². The molecule has 21 heavy (non-hydrogen) atoms. The molecule has 0 atom stereocenters. The number of aryl methyl sites for hydroxylation is 1. The van der Waals surface area contributed by atoms with Crippen molar-refractivity contribution >= 4 is 21.7 Å². The first-order chi connectivity index (χ1) is 10.2. The summed E-state index contributed by atoms with van der Waals surface area (Å²) in [5.74, 6) is 1.86. The van der Waals surface area contributed by atoms with Crippen LogP contribution in [0, 0.1) is 6.92 Å². The summed E-state index contributed by atoms with van der Waals surface area (Å²) in [6, 6.07) is 8.23. The van der Waals surface area contributed by atoms with Crippen LogP contribution in [0.2, 0.25) is 0 Å². The third kappa shape index (κ3) is 4.03. The zero-order chi connectivity index (χ0) is 15.2. The van der Waals surface area contributed by atoms with Gasteiger partial charge in [0.15, 0.2) is 0 Å². The van der Waals surface area contributed by atoms with Crippen molar-refractivity contribution < 1.29 is 0 Å². The average Bonchev–Trinajstić information content (AvgIpc) is 2.47. The van der Waals surface area contributed by atoms with Gasteiger partial charge in [-0.2, -0.15) is 0 Å². The first kappa shape index (κ1) is 16.0. The molecule has 1 heterocycles. The molecule has 0 fully saturated rings. The molecule has 0 unspecified atom stereocenters. The number of benzene rings is 1. The highest BCUT2D eigenvalue weighted by molar-refractivity contribution is 9.10. The minimum absolute atomic E-state index is 0.743. The molecule has 0 bridgehead atoms. The number of hydrogen-bond donors (Lipinski definition) is 1. The highest BCUT2D eigenvalue weighted by atomic mass is 79.9. The van der Waals surface area contributed by atoms with Gasteiger partial charge in [-0.1, -0.05) is 48.0 Å². The third-order valence-corrected chi connectivity index (χ3v) is 4.24. The average molecular weight is 348 g/mol. The van der Waals surface area contributed by atoms with E-state index in [9.17, 15) is 0 Å². The normalized spacial score (nSPS) is 10.7. The second kappa shape index (κ2) is 7.55. The molecule has 2 rings (SSSR count). The molecule has 1 N–H and O–H groups in total. The van der Waals surface area contributed by atoms with Crippen LogP contribution in [-0.2, 0) is 12.8 Å². The third-order valence-electron chi connectivity index (χ3n) is 3.46. The molecule has 0 aliphatic heterocycles. The number of hydrogen-bond acceptors (Lipinski definition) is 3. The van der Waals surface area contributed by atoms with Crippen molar-refractivity contribution in [2.45, 2.75) is 40.0 Å². The van der Waals surface area contributed by atoms with Crippen molar-refractivity contribution in [1.29, 1.82) is 0 Å². The summed E-state index contributed by atoms with van der Waals surface area (Å²) in [5.41, 5.74) is 3.51. The molecule has 0 saturated heterocycles. The van der Waals surface area contributed by atoms with Gasteiger partial charge in [0, 0.05) is 28.7 Å². The standard InChI is InChI=1S/C17H22BrN3/c1-4-10-19-17-14(5-2)12(3)20-16(21-17)11-13-8-6-7-9-15(13)18/h6-9H,4-5,10-11H2,1-3H3,(H,19,20,21). The number of nitrogens with zero attached hydrogens (tertiary/aromatic N) is 2. The summed E-state index contributed by atoms with van der Waals surface area (Å²) in [5, 5.41) is 3.43. The van der Waals surface area contributed by atoms with Crippen LogP contribution in [0.1, 0.15) is 42.9 Å². The van der Waals surface area contributed by atoms with E-state index in [-0.39, 0.29) is 0 Å². The molecular weight excluding hydrogens is 326 g/mol. The van der Waals surface area contributed by atoms with Gasteiger partial charge in [0.2, 0.25) is 0 Å². The summed E-state index contributed by atoms with van der Waals surface area (Å²) in [6.07, 6.45) is 2.78. The monoisotopic (exact) mass is 347 g/mol. The Morgan fingerprint density at radius 3 is 2.57 bits per heavy atom. The summed E-state index contributed by atoms with van der Waals surface area (Å²) in [6.45, 7) is 7.32. The van der Waals surface area contributed by atoms with Crippen molar-refractivity contribution in [2.75, 3.05) is 11.9 Å². The second-order valence-electron chi connectivity index (χ2n) is 5.10. The molecule has 3 nitrogen and oxygen atoms in total. The van der Waals surface area contributed by atoms with Crippen LogP contribution < -0.4 is 5.32 Å². The van der Waals surface area contributed by atoms with E-state index >= 15 is 0 Å². The van der Waals surface area contributed by atoms with Crippen LogP contribution in [0.5, 0.6) is 0 Å². The molecule has 0 aliphatic rings. The van der Waals surface area contributed by atoms with Crippen LogP contribution in [0.25, 0.3) is 0 Å². The maximum absolute atomic E-state index is 4.74. The number of aromatic nitrogens is 2. The van der Waals surface area contributed by atoms with E-state index in [2.05, 4.69) is 59.1 Å². The summed E-state index contributed by atoms with van der Waals surface area (Å²) in [4.78, 5) is 9.41. The molecule has 0 radical (unpaired) electrons. The second-order valence-corrected chi connectivity index (χ2v) is 5.96. The predicted molar refractivity (Wildman–Crippen MR) is 91.9 cm³/mol. The first-order valence-electron chi connectivity index (χ1n) is 7.49. The van der Waals surface area contributed by atoms with Gasteiger partial charge in [-0.25, -0.2) is 9.97 Å².